The van der Waals surface area contributed by atoms with E-state index in [2.05, 4.69) is 0 Å². The second kappa shape index (κ2) is 7.61. The predicted octanol–water partition coefficient (Wildman–Crippen LogP) is 2.67. The number of benzene rings is 1. The van der Waals surface area contributed by atoms with Crippen molar-refractivity contribution in [3.05, 3.63) is 35.4 Å². The zero-order valence-electron chi connectivity index (χ0n) is 11.8. The molecule has 0 amide bonds. The van der Waals surface area contributed by atoms with Crippen molar-refractivity contribution in [3.63, 3.8) is 0 Å². The van der Waals surface area contributed by atoms with Gasteiger partial charge in [0.25, 0.3) is 0 Å². The van der Waals surface area contributed by atoms with Crippen molar-refractivity contribution in [3.8, 4) is 0 Å². The highest BCUT2D eigenvalue weighted by atomic mass is 19.4. The maximum atomic E-state index is 12.5. The zero-order valence-corrected chi connectivity index (χ0v) is 11.8. The molecule has 0 aliphatic rings. The third-order valence-corrected chi connectivity index (χ3v) is 3.17. The molecule has 20 heavy (non-hydrogen) atoms. The molecular formula is C14H21F3N2O. The van der Waals surface area contributed by atoms with Crippen LogP contribution < -0.4 is 5.73 Å². The fourth-order valence-electron chi connectivity index (χ4n) is 1.97. The van der Waals surface area contributed by atoms with Crippen LogP contribution in [-0.2, 0) is 10.9 Å². The Balaban J connectivity index is 2.74. The van der Waals surface area contributed by atoms with Crippen LogP contribution in [0.4, 0.5) is 13.2 Å². The van der Waals surface area contributed by atoms with Crippen molar-refractivity contribution in [1.29, 1.82) is 0 Å². The van der Waals surface area contributed by atoms with Crippen LogP contribution in [0.5, 0.6) is 0 Å². The molecule has 0 fully saturated rings. The lowest BCUT2D eigenvalue weighted by Gasteiger charge is -2.27. The number of nitrogens with two attached hydrogens (primary N) is 1. The van der Waals surface area contributed by atoms with E-state index in [1.54, 1.807) is 0 Å². The Labute approximate surface area is 117 Å². The van der Waals surface area contributed by atoms with E-state index in [0.717, 1.165) is 17.7 Å². The van der Waals surface area contributed by atoms with Crippen molar-refractivity contribution in [1.82, 2.24) is 4.90 Å². The minimum absolute atomic E-state index is 0.113. The number of nitrogens with zero attached hydrogens (tertiary/aromatic N) is 1. The standard InChI is InChI=1S/C14H21F3N2O/c1-3-20-9-8-19(2)13(10-18)11-4-6-12(7-5-11)14(15,16)17/h4-7,13H,3,8-10,18H2,1-2H3. The zero-order chi connectivity index (χ0) is 15.2. The second-order valence-electron chi connectivity index (χ2n) is 4.55. The van der Waals surface area contributed by atoms with E-state index in [-0.39, 0.29) is 6.04 Å². The molecule has 6 heteroatoms. The Morgan fingerprint density at radius 3 is 2.30 bits per heavy atom. The van der Waals surface area contributed by atoms with Gasteiger partial charge in [-0.2, -0.15) is 13.2 Å². The lowest BCUT2D eigenvalue weighted by molar-refractivity contribution is -0.137. The molecule has 0 radical (unpaired) electrons. The van der Waals surface area contributed by atoms with Gasteiger partial charge in [-0.3, -0.25) is 4.90 Å². The van der Waals surface area contributed by atoms with Crippen LogP contribution in [0.3, 0.4) is 0 Å². The van der Waals surface area contributed by atoms with Crippen LogP contribution in [0.25, 0.3) is 0 Å². The highest BCUT2D eigenvalue weighted by Crippen LogP contribution is 2.30. The smallest absolute Gasteiger partial charge is 0.380 e. The number of rotatable bonds is 7. The summed E-state index contributed by atoms with van der Waals surface area (Å²) in [5.74, 6) is 0. The van der Waals surface area contributed by atoms with Crippen molar-refractivity contribution >= 4 is 0 Å². The van der Waals surface area contributed by atoms with Crippen LogP contribution in [0.1, 0.15) is 24.1 Å². The first-order valence-electron chi connectivity index (χ1n) is 6.55. The first-order chi connectivity index (χ1) is 9.40. The van der Waals surface area contributed by atoms with Gasteiger partial charge in [0.15, 0.2) is 0 Å². The Morgan fingerprint density at radius 1 is 1.25 bits per heavy atom. The van der Waals surface area contributed by atoms with Crippen LogP contribution in [0.2, 0.25) is 0 Å². The maximum Gasteiger partial charge on any atom is 0.416 e. The second-order valence-corrected chi connectivity index (χ2v) is 4.55. The summed E-state index contributed by atoms with van der Waals surface area (Å²) < 4.78 is 42.8. The van der Waals surface area contributed by atoms with Crippen LogP contribution in [-0.4, -0.2) is 38.3 Å². The van der Waals surface area contributed by atoms with Gasteiger partial charge in [0.1, 0.15) is 0 Å². The molecule has 114 valence electrons. The first-order valence-corrected chi connectivity index (χ1v) is 6.55. The highest BCUT2D eigenvalue weighted by molar-refractivity contribution is 5.27. The molecular weight excluding hydrogens is 269 g/mol. The number of ether oxygens (including phenoxy) is 1. The molecule has 0 bridgehead atoms. The number of likely N-dealkylation sites (N-methyl/N-ethyl adjacent to an activating group) is 1. The molecule has 0 saturated heterocycles. The largest absolute Gasteiger partial charge is 0.416 e. The van der Waals surface area contributed by atoms with Crippen LogP contribution in [0, 0.1) is 0 Å². The highest BCUT2D eigenvalue weighted by Gasteiger charge is 2.30. The third-order valence-electron chi connectivity index (χ3n) is 3.17. The molecule has 1 aromatic rings. The minimum Gasteiger partial charge on any atom is -0.380 e. The minimum atomic E-state index is -4.31. The maximum absolute atomic E-state index is 12.5. The van der Waals surface area contributed by atoms with Gasteiger partial charge >= 0.3 is 6.18 Å². The number of hydrogen-bond donors (Lipinski definition) is 1. The lowest BCUT2D eigenvalue weighted by atomic mass is 10.0. The average molecular weight is 290 g/mol. The lowest BCUT2D eigenvalue weighted by Crippen LogP contribution is -2.33. The molecule has 1 unspecified atom stereocenters. The molecule has 0 spiro atoms. The van der Waals surface area contributed by atoms with E-state index >= 15 is 0 Å². The molecule has 2 N–H and O–H groups in total. The number of alkyl halides is 3. The van der Waals surface area contributed by atoms with Gasteiger partial charge in [0, 0.05) is 25.7 Å². The van der Waals surface area contributed by atoms with Crippen molar-refractivity contribution in [2.24, 2.45) is 5.73 Å². The summed E-state index contributed by atoms with van der Waals surface area (Å²) in [6.45, 7) is 4.15. The molecule has 3 nitrogen and oxygen atoms in total. The molecule has 1 rings (SSSR count). The summed E-state index contributed by atoms with van der Waals surface area (Å²) in [5, 5.41) is 0. The van der Waals surface area contributed by atoms with Crippen LogP contribution in [0.15, 0.2) is 24.3 Å². The SMILES string of the molecule is CCOCCN(C)C(CN)c1ccc(C(F)(F)F)cc1. The summed E-state index contributed by atoms with van der Waals surface area (Å²) in [7, 11) is 1.88. The normalized spacial score (nSPS) is 13.8. The van der Waals surface area contributed by atoms with E-state index in [9.17, 15) is 13.2 Å². The Bertz CT molecular complexity index is 392. The van der Waals surface area contributed by atoms with E-state index < -0.39 is 11.7 Å². The predicted molar refractivity (Wildman–Crippen MR) is 72.4 cm³/mol. The molecule has 1 atom stereocenters. The molecule has 1 aromatic carbocycles. The number of hydrogen-bond acceptors (Lipinski definition) is 3. The van der Waals surface area contributed by atoms with E-state index in [4.69, 9.17) is 10.5 Å². The molecule has 0 aliphatic heterocycles. The van der Waals surface area contributed by atoms with E-state index in [1.165, 1.54) is 12.1 Å². The van der Waals surface area contributed by atoms with E-state index in [1.807, 2.05) is 18.9 Å². The van der Waals surface area contributed by atoms with Gasteiger partial charge in [0.05, 0.1) is 12.2 Å². The summed E-state index contributed by atoms with van der Waals surface area (Å²) >= 11 is 0. The van der Waals surface area contributed by atoms with Crippen molar-refractivity contribution in [2.45, 2.75) is 19.1 Å². The molecule has 0 saturated carbocycles. The quantitative estimate of drug-likeness (QED) is 0.785. The van der Waals surface area contributed by atoms with Crippen molar-refractivity contribution in [2.75, 3.05) is 33.4 Å². The summed E-state index contributed by atoms with van der Waals surface area (Å²) in [6, 6.07) is 5.04. The van der Waals surface area contributed by atoms with Gasteiger partial charge in [-0.25, -0.2) is 0 Å². The van der Waals surface area contributed by atoms with Gasteiger partial charge in [-0.05, 0) is 31.7 Å². The third kappa shape index (κ3) is 4.77. The first kappa shape index (κ1) is 16.9. The van der Waals surface area contributed by atoms with Gasteiger partial charge in [-0.1, -0.05) is 12.1 Å². The number of halogens is 3. The van der Waals surface area contributed by atoms with Gasteiger partial charge in [0.2, 0.25) is 0 Å². The van der Waals surface area contributed by atoms with Crippen LogP contribution >= 0.6 is 0 Å². The van der Waals surface area contributed by atoms with E-state index in [0.29, 0.717) is 26.3 Å². The molecule has 0 aliphatic carbocycles. The molecule has 0 aromatic heterocycles. The summed E-state index contributed by atoms with van der Waals surface area (Å²) in [6.07, 6.45) is -4.31. The summed E-state index contributed by atoms with van der Waals surface area (Å²) in [4.78, 5) is 1.98. The fraction of sp³-hybridized carbons (Fsp3) is 0.571. The fourth-order valence-corrected chi connectivity index (χ4v) is 1.97. The Morgan fingerprint density at radius 2 is 1.85 bits per heavy atom. The average Bonchev–Trinajstić information content (AvgIpc) is 2.39. The van der Waals surface area contributed by atoms with Crippen molar-refractivity contribution < 1.29 is 17.9 Å². The summed E-state index contributed by atoms with van der Waals surface area (Å²) in [5.41, 5.74) is 5.86. The molecule has 0 heterocycles. The van der Waals surface area contributed by atoms with Gasteiger partial charge in [-0.15, -0.1) is 0 Å². The Kier molecular flexibility index (Phi) is 6.45. The topological polar surface area (TPSA) is 38.5 Å². The van der Waals surface area contributed by atoms with Gasteiger partial charge < -0.3 is 10.5 Å². The Hall–Kier alpha value is -1.11. The monoisotopic (exact) mass is 290 g/mol.